The molecule has 2 aromatic rings. The summed E-state index contributed by atoms with van der Waals surface area (Å²) in [5.41, 5.74) is 9.39. The first-order valence-electron chi connectivity index (χ1n) is 19.1. The van der Waals surface area contributed by atoms with Crippen molar-refractivity contribution in [1.29, 1.82) is 0 Å². The number of imidazole rings is 1. The third-order valence-electron chi connectivity index (χ3n) is 10.4. The average molecular weight is 720 g/mol. The minimum absolute atomic E-state index is 0.138. The van der Waals surface area contributed by atoms with Crippen molar-refractivity contribution in [3.63, 3.8) is 0 Å². The maximum atomic E-state index is 14.2. The van der Waals surface area contributed by atoms with Crippen molar-refractivity contribution in [3.8, 4) is 0 Å². The Morgan fingerprint density at radius 1 is 0.962 bits per heavy atom. The highest BCUT2D eigenvalue weighted by Gasteiger charge is 2.37. The normalized spacial score (nSPS) is 20.8. The SMILES string of the molecule is CCC(=O)N[C@@H](Cc1cn2cc(C(C)C)ccc2n1)C(=O)N[C@H](C(=O)N[C@@H](CCCCN)C(=O)N[C@@H]1CCOC2=C1C(C)CC=C2)C1CCOCC1. The van der Waals surface area contributed by atoms with Gasteiger partial charge in [0.15, 0.2) is 0 Å². The second kappa shape index (κ2) is 18.5. The lowest BCUT2D eigenvalue weighted by Gasteiger charge is -2.35. The van der Waals surface area contributed by atoms with Crippen molar-refractivity contribution < 1.29 is 28.7 Å². The van der Waals surface area contributed by atoms with Gasteiger partial charge in [-0.2, -0.15) is 0 Å². The fourth-order valence-corrected chi connectivity index (χ4v) is 7.30. The molecule has 284 valence electrons. The van der Waals surface area contributed by atoms with Gasteiger partial charge in [0.25, 0.3) is 0 Å². The van der Waals surface area contributed by atoms with Crippen LogP contribution in [0.2, 0.25) is 0 Å². The molecule has 0 saturated carbocycles. The number of carbonyl (C=O) groups excluding carboxylic acids is 4. The lowest BCUT2D eigenvalue weighted by atomic mass is 9.84. The number of nitrogens with two attached hydrogens (primary N) is 1. The van der Waals surface area contributed by atoms with Crippen LogP contribution in [0.5, 0.6) is 0 Å². The van der Waals surface area contributed by atoms with E-state index in [-0.39, 0.29) is 42.5 Å². The van der Waals surface area contributed by atoms with Gasteiger partial charge in [-0.15, -0.1) is 0 Å². The van der Waals surface area contributed by atoms with Gasteiger partial charge in [0.1, 0.15) is 29.5 Å². The van der Waals surface area contributed by atoms with E-state index in [0.717, 1.165) is 29.0 Å². The number of amides is 4. The maximum absolute atomic E-state index is 14.2. The van der Waals surface area contributed by atoms with Crippen LogP contribution in [0.15, 0.2) is 48.0 Å². The highest BCUT2D eigenvalue weighted by molar-refractivity contribution is 5.94. The van der Waals surface area contributed by atoms with Gasteiger partial charge < -0.3 is 40.9 Å². The molecule has 1 unspecified atom stereocenters. The topological polar surface area (TPSA) is 178 Å². The summed E-state index contributed by atoms with van der Waals surface area (Å²) in [5, 5.41) is 12.1. The molecule has 3 aliphatic rings. The first kappa shape index (κ1) is 39.0. The van der Waals surface area contributed by atoms with Gasteiger partial charge in [-0.1, -0.05) is 39.8 Å². The molecule has 0 radical (unpaired) electrons. The molecule has 6 N–H and O–H groups in total. The van der Waals surface area contributed by atoms with Gasteiger partial charge in [-0.05, 0) is 86.1 Å². The first-order chi connectivity index (χ1) is 25.1. The molecule has 5 atom stereocenters. The van der Waals surface area contributed by atoms with Crippen LogP contribution in [0, 0.1) is 11.8 Å². The highest BCUT2D eigenvalue weighted by atomic mass is 16.5. The Morgan fingerprint density at radius 2 is 1.75 bits per heavy atom. The third kappa shape index (κ3) is 10.0. The predicted molar refractivity (Wildman–Crippen MR) is 198 cm³/mol. The predicted octanol–water partition coefficient (Wildman–Crippen LogP) is 3.18. The van der Waals surface area contributed by atoms with Crippen molar-refractivity contribution in [2.24, 2.45) is 17.6 Å². The van der Waals surface area contributed by atoms with Crippen LogP contribution in [0.4, 0.5) is 0 Å². The Balaban J connectivity index is 1.35. The van der Waals surface area contributed by atoms with Crippen molar-refractivity contribution in [2.75, 3.05) is 26.4 Å². The van der Waals surface area contributed by atoms with E-state index >= 15 is 0 Å². The number of carbonyl (C=O) groups is 4. The van der Waals surface area contributed by atoms with Crippen molar-refractivity contribution in [3.05, 3.63) is 59.3 Å². The Kier molecular flexibility index (Phi) is 13.9. The molecular weight excluding hydrogens is 662 g/mol. The molecule has 52 heavy (non-hydrogen) atoms. The zero-order chi connectivity index (χ0) is 37.2. The first-order valence-corrected chi connectivity index (χ1v) is 19.1. The smallest absolute Gasteiger partial charge is 0.243 e. The molecule has 13 nitrogen and oxygen atoms in total. The molecule has 5 rings (SSSR count). The number of hydrogen-bond donors (Lipinski definition) is 5. The summed E-state index contributed by atoms with van der Waals surface area (Å²) in [6, 6.07) is 1.03. The van der Waals surface area contributed by atoms with Crippen LogP contribution in [0.3, 0.4) is 0 Å². The van der Waals surface area contributed by atoms with Gasteiger partial charge in [-0.25, -0.2) is 4.98 Å². The lowest BCUT2D eigenvalue weighted by molar-refractivity contribution is -0.135. The van der Waals surface area contributed by atoms with Gasteiger partial charge in [0.05, 0.1) is 18.3 Å². The second-order valence-electron chi connectivity index (χ2n) is 14.6. The number of aromatic nitrogens is 2. The molecule has 0 aromatic carbocycles. The highest BCUT2D eigenvalue weighted by Crippen LogP contribution is 2.33. The minimum atomic E-state index is -0.969. The van der Waals surface area contributed by atoms with E-state index in [0.29, 0.717) is 76.5 Å². The molecular formula is C39H57N7O6. The van der Waals surface area contributed by atoms with Crippen LogP contribution in [-0.2, 0) is 35.1 Å². The van der Waals surface area contributed by atoms with Crippen molar-refractivity contribution >= 4 is 29.3 Å². The molecule has 1 fully saturated rings. The summed E-state index contributed by atoms with van der Waals surface area (Å²) >= 11 is 0. The molecule has 4 heterocycles. The number of pyridine rings is 1. The number of ether oxygens (including phenoxy) is 2. The van der Waals surface area contributed by atoms with Crippen LogP contribution in [0.1, 0.15) is 96.2 Å². The summed E-state index contributed by atoms with van der Waals surface area (Å²) < 4.78 is 13.4. The monoisotopic (exact) mass is 719 g/mol. The van der Waals surface area contributed by atoms with Gasteiger partial charge in [-0.3, -0.25) is 19.2 Å². The van der Waals surface area contributed by atoms with E-state index in [4.69, 9.17) is 20.2 Å². The molecule has 0 bridgehead atoms. The van der Waals surface area contributed by atoms with Gasteiger partial charge in [0, 0.05) is 44.9 Å². The van der Waals surface area contributed by atoms with E-state index in [1.54, 1.807) is 6.92 Å². The quantitative estimate of drug-likeness (QED) is 0.164. The van der Waals surface area contributed by atoms with E-state index in [1.165, 1.54) is 0 Å². The Bertz CT molecular complexity index is 1630. The number of rotatable bonds is 16. The summed E-state index contributed by atoms with van der Waals surface area (Å²) in [5.74, 6) is -0.342. The number of unbranched alkanes of at least 4 members (excludes halogenated alkanes) is 1. The summed E-state index contributed by atoms with van der Waals surface area (Å²) in [6.45, 7) is 9.96. The summed E-state index contributed by atoms with van der Waals surface area (Å²) in [7, 11) is 0. The number of allylic oxidation sites excluding steroid dienone is 2. The van der Waals surface area contributed by atoms with E-state index in [2.05, 4.69) is 48.1 Å². The zero-order valence-electron chi connectivity index (χ0n) is 31.1. The fraction of sp³-hybridized carbons (Fsp3) is 0.615. The standard InChI is InChI=1S/C39H57N7O6/c1-5-34(47)42-31(21-28-23-46-22-27(24(2)3)12-13-33(46)41-28)38(49)45-36(26-14-18-51-19-15-26)39(50)44-30(10-6-7-17-40)37(48)43-29-16-20-52-32-11-8-9-25(4)35(29)32/h8,11-13,22-26,29-31,36H,5-7,9-10,14-21,40H2,1-4H3,(H,42,47)(H,43,48)(H,44,50)(H,45,49)/t25?,29-,30+,31+,36+/m1/s1. The van der Waals surface area contributed by atoms with Crippen LogP contribution < -0.4 is 27.0 Å². The number of fused-ring (bicyclic) bond motifs is 1. The van der Waals surface area contributed by atoms with Crippen molar-refractivity contribution in [1.82, 2.24) is 30.7 Å². The summed E-state index contributed by atoms with van der Waals surface area (Å²) in [6.07, 6.45) is 12.7. The molecule has 2 aromatic heterocycles. The zero-order valence-corrected chi connectivity index (χ0v) is 31.1. The molecule has 0 spiro atoms. The largest absolute Gasteiger partial charge is 0.493 e. The van der Waals surface area contributed by atoms with E-state index < -0.39 is 29.9 Å². The molecule has 4 amide bonds. The summed E-state index contributed by atoms with van der Waals surface area (Å²) in [4.78, 5) is 59.7. The third-order valence-corrected chi connectivity index (χ3v) is 10.4. The van der Waals surface area contributed by atoms with Gasteiger partial charge in [0.2, 0.25) is 23.6 Å². The molecule has 1 saturated heterocycles. The number of hydrogen-bond acceptors (Lipinski definition) is 8. The molecule has 13 heteroatoms. The fourth-order valence-electron chi connectivity index (χ4n) is 7.30. The van der Waals surface area contributed by atoms with Crippen LogP contribution in [-0.4, -0.2) is 83.5 Å². The average Bonchev–Trinajstić information content (AvgIpc) is 3.55. The Hall–Kier alpha value is -4.23. The number of nitrogens with zero attached hydrogens (tertiary/aromatic N) is 2. The number of nitrogens with one attached hydrogen (secondary N) is 4. The lowest BCUT2D eigenvalue weighted by Crippen LogP contribution is -2.60. The maximum Gasteiger partial charge on any atom is 0.243 e. The molecule has 1 aliphatic carbocycles. The molecule has 2 aliphatic heterocycles. The van der Waals surface area contributed by atoms with E-state index in [1.807, 2.05) is 35.0 Å². The Labute approximate surface area is 306 Å². The Morgan fingerprint density at radius 3 is 2.48 bits per heavy atom. The van der Waals surface area contributed by atoms with Crippen molar-refractivity contribution in [2.45, 2.75) is 116 Å². The van der Waals surface area contributed by atoms with E-state index in [9.17, 15) is 19.2 Å². The van der Waals surface area contributed by atoms with Crippen LogP contribution in [0.25, 0.3) is 5.65 Å². The second-order valence-corrected chi connectivity index (χ2v) is 14.6. The van der Waals surface area contributed by atoms with Gasteiger partial charge >= 0.3 is 0 Å². The minimum Gasteiger partial charge on any atom is -0.493 e. The van der Waals surface area contributed by atoms with Crippen LogP contribution >= 0.6 is 0 Å².